The van der Waals surface area contributed by atoms with E-state index in [4.69, 9.17) is 4.74 Å². The Kier molecular flexibility index (Phi) is 3.62. The van der Waals surface area contributed by atoms with E-state index in [1.54, 1.807) is 0 Å². The topological polar surface area (TPSA) is 44.1 Å². The minimum atomic E-state index is 0.0731. The van der Waals surface area contributed by atoms with Crippen molar-refractivity contribution in [2.24, 2.45) is 5.92 Å². The smallest absolute Gasteiger partial charge is 0.159 e. The highest BCUT2D eigenvalue weighted by atomic mass is 16.5. The molecule has 0 N–H and O–H groups in total. The van der Waals surface area contributed by atoms with Crippen LogP contribution in [-0.2, 0) is 22.5 Å². The summed E-state index contributed by atoms with van der Waals surface area (Å²) in [4.78, 5) is 12.0. The van der Waals surface area contributed by atoms with E-state index in [0.29, 0.717) is 19.8 Å². The molecule has 4 nitrogen and oxygen atoms in total. The molecule has 1 aliphatic heterocycles. The third-order valence-electron chi connectivity index (χ3n) is 3.58. The predicted molar refractivity (Wildman–Crippen MR) is 65.0 cm³/mol. The number of ether oxygens (including phenoxy) is 1. The van der Waals surface area contributed by atoms with Crippen LogP contribution in [-0.4, -0.2) is 28.8 Å². The molecule has 1 fully saturated rings. The highest BCUT2D eigenvalue weighted by Crippen LogP contribution is 2.17. The minimum absolute atomic E-state index is 0.0731. The SMILES string of the molecule is CCc1c(C)nn(CC(=O)C2CCOC2)c1C. The van der Waals surface area contributed by atoms with Gasteiger partial charge in [-0.3, -0.25) is 9.48 Å². The monoisotopic (exact) mass is 236 g/mol. The Morgan fingerprint density at radius 1 is 1.53 bits per heavy atom. The number of aryl methyl sites for hydroxylation is 1. The van der Waals surface area contributed by atoms with Gasteiger partial charge in [0.25, 0.3) is 0 Å². The fourth-order valence-electron chi connectivity index (χ4n) is 2.46. The average Bonchev–Trinajstić information content (AvgIpc) is 2.89. The molecular weight excluding hydrogens is 216 g/mol. The standard InChI is InChI=1S/C13H20N2O2/c1-4-12-9(2)14-15(10(12)3)7-13(16)11-5-6-17-8-11/h11H,4-8H2,1-3H3. The average molecular weight is 236 g/mol. The van der Waals surface area contributed by atoms with E-state index >= 15 is 0 Å². The van der Waals surface area contributed by atoms with E-state index in [2.05, 4.69) is 12.0 Å². The molecule has 1 aromatic heterocycles. The lowest BCUT2D eigenvalue weighted by atomic mass is 10.0. The second-order valence-corrected chi connectivity index (χ2v) is 4.69. The van der Waals surface area contributed by atoms with Gasteiger partial charge >= 0.3 is 0 Å². The molecule has 2 heterocycles. The first-order valence-electron chi connectivity index (χ1n) is 6.26. The number of nitrogens with zero attached hydrogens (tertiary/aromatic N) is 2. The molecule has 0 saturated carbocycles. The van der Waals surface area contributed by atoms with Gasteiger partial charge < -0.3 is 4.74 Å². The summed E-state index contributed by atoms with van der Waals surface area (Å²) in [6, 6.07) is 0. The Bertz CT molecular complexity index is 417. The molecule has 0 aliphatic carbocycles. The largest absolute Gasteiger partial charge is 0.381 e. The highest BCUT2D eigenvalue weighted by molar-refractivity contribution is 5.81. The van der Waals surface area contributed by atoms with Crippen molar-refractivity contribution in [1.82, 2.24) is 9.78 Å². The van der Waals surface area contributed by atoms with Crippen molar-refractivity contribution in [3.8, 4) is 0 Å². The zero-order chi connectivity index (χ0) is 12.4. The van der Waals surface area contributed by atoms with Gasteiger partial charge in [-0.05, 0) is 32.3 Å². The molecule has 2 rings (SSSR count). The Balaban J connectivity index is 2.10. The number of carbonyl (C=O) groups is 1. The molecule has 0 aromatic carbocycles. The quantitative estimate of drug-likeness (QED) is 0.798. The van der Waals surface area contributed by atoms with Gasteiger partial charge in [0.2, 0.25) is 0 Å². The summed E-state index contributed by atoms with van der Waals surface area (Å²) in [6.45, 7) is 7.85. The lowest BCUT2D eigenvalue weighted by Gasteiger charge is -2.08. The lowest BCUT2D eigenvalue weighted by molar-refractivity contribution is -0.123. The van der Waals surface area contributed by atoms with Crippen molar-refractivity contribution in [2.75, 3.05) is 13.2 Å². The third kappa shape index (κ3) is 2.41. The van der Waals surface area contributed by atoms with E-state index in [-0.39, 0.29) is 11.7 Å². The molecule has 1 aromatic rings. The molecule has 1 saturated heterocycles. The normalized spacial score (nSPS) is 19.8. The van der Waals surface area contributed by atoms with E-state index in [0.717, 1.165) is 24.2 Å². The van der Waals surface area contributed by atoms with Crippen LogP contribution in [0.2, 0.25) is 0 Å². The van der Waals surface area contributed by atoms with Gasteiger partial charge in [-0.15, -0.1) is 0 Å². The summed E-state index contributed by atoms with van der Waals surface area (Å²) in [5.74, 6) is 0.319. The Morgan fingerprint density at radius 3 is 2.82 bits per heavy atom. The molecule has 4 heteroatoms. The Labute approximate surface area is 102 Å². The van der Waals surface area contributed by atoms with Crippen LogP contribution in [0.4, 0.5) is 0 Å². The van der Waals surface area contributed by atoms with Crippen LogP contribution in [0.3, 0.4) is 0 Å². The zero-order valence-corrected chi connectivity index (χ0v) is 10.8. The predicted octanol–water partition coefficient (Wildman–Crippen LogP) is 1.67. The zero-order valence-electron chi connectivity index (χ0n) is 10.8. The van der Waals surface area contributed by atoms with E-state index < -0.39 is 0 Å². The van der Waals surface area contributed by atoms with E-state index in [1.165, 1.54) is 5.56 Å². The third-order valence-corrected chi connectivity index (χ3v) is 3.58. The van der Waals surface area contributed by atoms with Crippen molar-refractivity contribution < 1.29 is 9.53 Å². The number of Topliss-reactive ketones (excluding diaryl/α,β-unsaturated/α-hetero) is 1. The van der Waals surface area contributed by atoms with Crippen LogP contribution in [0.15, 0.2) is 0 Å². The van der Waals surface area contributed by atoms with Crippen molar-refractivity contribution in [2.45, 2.75) is 40.2 Å². The molecule has 0 spiro atoms. The van der Waals surface area contributed by atoms with Gasteiger partial charge in [-0.2, -0.15) is 5.10 Å². The van der Waals surface area contributed by atoms with Crippen LogP contribution in [0.1, 0.15) is 30.3 Å². The summed E-state index contributed by atoms with van der Waals surface area (Å²) >= 11 is 0. The molecule has 0 radical (unpaired) electrons. The first kappa shape index (κ1) is 12.3. The molecule has 0 amide bonds. The van der Waals surface area contributed by atoms with Crippen LogP contribution >= 0.6 is 0 Å². The first-order chi connectivity index (χ1) is 8.13. The summed E-state index contributed by atoms with van der Waals surface area (Å²) < 4.78 is 7.09. The van der Waals surface area contributed by atoms with E-state index in [1.807, 2.05) is 18.5 Å². The summed E-state index contributed by atoms with van der Waals surface area (Å²) in [6.07, 6.45) is 1.83. The number of hydrogen-bond acceptors (Lipinski definition) is 3. The summed E-state index contributed by atoms with van der Waals surface area (Å²) in [5, 5.41) is 4.45. The minimum Gasteiger partial charge on any atom is -0.381 e. The summed E-state index contributed by atoms with van der Waals surface area (Å²) in [7, 11) is 0. The first-order valence-corrected chi connectivity index (χ1v) is 6.26. The number of aromatic nitrogens is 2. The maximum Gasteiger partial charge on any atom is 0.159 e. The van der Waals surface area contributed by atoms with E-state index in [9.17, 15) is 4.79 Å². The maximum atomic E-state index is 12.0. The molecular formula is C13H20N2O2. The van der Waals surface area contributed by atoms with Gasteiger partial charge in [0.15, 0.2) is 5.78 Å². The van der Waals surface area contributed by atoms with Gasteiger partial charge in [-0.25, -0.2) is 0 Å². The van der Waals surface area contributed by atoms with Crippen LogP contribution in [0, 0.1) is 19.8 Å². The number of ketones is 1. The molecule has 94 valence electrons. The van der Waals surface area contributed by atoms with Gasteiger partial charge in [0, 0.05) is 18.2 Å². The Morgan fingerprint density at radius 2 is 2.29 bits per heavy atom. The second-order valence-electron chi connectivity index (χ2n) is 4.69. The summed E-state index contributed by atoms with van der Waals surface area (Å²) in [5.41, 5.74) is 3.43. The number of rotatable bonds is 4. The molecule has 1 aliphatic rings. The molecule has 1 unspecified atom stereocenters. The van der Waals surface area contributed by atoms with Crippen molar-refractivity contribution in [3.05, 3.63) is 17.0 Å². The van der Waals surface area contributed by atoms with Crippen molar-refractivity contribution in [1.29, 1.82) is 0 Å². The Hall–Kier alpha value is -1.16. The molecule has 0 bridgehead atoms. The maximum absolute atomic E-state index is 12.0. The van der Waals surface area contributed by atoms with Crippen LogP contribution in [0.25, 0.3) is 0 Å². The van der Waals surface area contributed by atoms with Crippen molar-refractivity contribution >= 4 is 5.78 Å². The fraction of sp³-hybridized carbons (Fsp3) is 0.692. The fourth-order valence-corrected chi connectivity index (χ4v) is 2.46. The van der Waals surface area contributed by atoms with Crippen molar-refractivity contribution in [3.63, 3.8) is 0 Å². The van der Waals surface area contributed by atoms with Crippen LogP contribution in [0.5, 0.6) is 0 Å². The molecule has 1 atom stereocenters. The second kappa shape index (κ2) is 5.00. The number of carbonyl (C=O) groups excluding carboxylic acids is 1. The molecule has 17 heavy (non-hydrogen) atoms. The lowest BCUT2D eigenvalue weighted by Crippen LogP contribution is -2.21. The number of hydrogen-bond donors (Lipinski definition) is 0. The van der Waals surface area contributed by atoms with Crippen LogP contribution < -0.4 is 0 Å². The van der Waals surface area contributed by atoms with Gasteiger partial charge in [0.05, 0.1) is 12.3 Å². The van der Waals surface area contributed by atoms with Gasteiger partial charge in [-0.1, -0.05) is 6.92 Å². The van der Waals surface area contributed by atoms with Gasteiger partial charge in [0.1, 0.15) is 6.54 Å². The highest BCUT2D eigenvalue weighted by Gasteiger charge is 2.24.